The number of allylic oxidation sites excluding steroid dienone is 2. The van der Waals surface area contributed by atoms with Crippen molar-refractivity contribution in [2.75, 3.05) is 5.32 Å². The molecule has 7 nitrogen and oxygen atoms in total. The SMILES string of the molecule is CCCC(CCCC(=O)OC(C)(C)C)NS(=O)(=O)c1ccc(NC(=O)c2ccccc2Cl)c2c1=CC=CCC=2. The van der Waals surface area contributed by atoms with Gasteiger partial charge in [-0.2, -0.15) is 0 Å². The molecule has 2 aromatic carbocycles. The number of hydrogen-bond acceptors (Lipinski definition) is 5. The predicted molar refractivity (Wildman–Crippen MR) is 156 cm³/mol. The molecule has 1 amide bonds. The minimum Gasteiger partial charge on any atom is -0.460 e. The van der Waals surface area contributed by atoms with Crippen LogP contribution in [0.3, 0.4) is 0 Å². The Balaban J connectivity index is 1.85. The van der Waals surface area contributed by atoms with Gasteiger partial charge in [-0.05, 0) is 70.7 Å². The number of esters is 1. The fourth-order valence-corrected chi connectivity index (χ4v) is 6.13. The van der Waals surface area contributed by atoms with E-state index in [-0.39, 0.29) is 29.2 Å². The van der Waals surface area contributed by atoms with Crippen LogP contribution in [0.2, 0.25) is 5.02 Å². The van der Waals surface area contributed by atoms with Crippen LogP contribution in [0, 0.1) is 0 Å². The van der Waals surface area contributed by atoms with Crippen molar-refractivity contribution < 1.29 is 22.7 Å². The monoisotopic (exact) mass is 572 g/mol. The largest absolute Gasteiger partial charge is 0.460 e. The number of amides is 1. The molecular formula is C30H37ClN2O5S. The standard InChI is InChI=1S/C30H37ClN2O5S/c1-5-12-21(13-11-18-28(34)38-30(2,3)4)33-39(36,37)27-20-19-26(22-14-7-6-8-15-23(22)27)32-29(35)24-16-9-10-17-25(24)31/h6,8-10,14-17,19-21,33H,5,7,11-13,18H2,1-4H3,(H,32,35). The Hall–Kier alpha value is -2.94. The summed E-state index contributed by atoms with van der Waals surface area (Å²) in [6.07, 6.45) is 10.6. The molecule has 0 aliphatic heterocycles. The number of ether oxygens (including phenoxy) is 1. The molecule has 0 aromatic heterocycles. The summed E-state index contributed by atoms with van der Waals surface area (Å²) in [7, 11) is -3.91. The molecule has 2 aromatic rings. The van der Waals surface area contributed by atoms with Crippen LogP contribution >= 0.6 is 11.6 Å². The van der Waals surface area contributed by atoms with Gasteiger partial charge in [0.25, 0.3) is 5.91 Å². The average molecular weight is 573 g/mol. The van der Waals surface area contributed by atoms with Gasteiger partial charge in [0.1, 0.15) is 5.60 Å². The van der Waals surface area contributed by atoms with Gasteiger partial charge in [0.05, 0.1) is 15.5 Å². The molecule has 39 heavy (non-hydrogen) atoms. The summed E-state index contributed by atoms with van der Waals surface area (Å²) in [5.74, 6) is -0.674. The van der Waals surface area contributed by atoms with Gasteiger partial charge in [-0.25, -0.2) is 13.1 Å². The lowest BCUT2D eigenvalue weighted by atomic mass is 10.1. The second-order valence-electron chi connectivity index (χ2n) is 10.5. The summed E-state index contributed by atoms with van der Waals surface area (Å²) in [5.41, 5.74) is 0.271. The van der Waals surface area contributed by atoms with E-state index in [9.17, 15) is 18.0 Å². The fraction of sp³-hybridized carbons (Fsp3) is 0.400. The van der Waals surface area contributed by atoms with Crippen LogP contribution < -0.4 is 20.5 Å². The van der Waals surface area contributed by atoms with E-state index in [2.05, 4.69) is 10.0 Å². The molecule has 0 fully saturated rings. The van der Waals surface area contributed by atoms with Crippen molar-refractivity contribution in [1.82, 2.24) is 4.72 Å². The number of carbonyl (C=O) groups is 2. The highest BCUT2D eigenvalue weighted by Gasteiger charge is 2.23. The molecule has 3 rings (SSSR count). The first-order chi connectivity index (χ1) is 18.4. The summed E-state index contributed by atoms with van der Waals surface area (Å²) in [6, 6.07) is 9.53. The van der Waals surface area contributed by atoms with Crippen molar-refractivity contribution in [3.05, 3.63) is 69.6 Å². The number of rotatable bonds is 11. The van der Waals surface area contributed by atoms with Crippen LogP contribution in [-0.2, 0) is 19.6 Å². The Kier molecular flexibility index (Phi) is 10.5. The first kappa shape index (κ1) is 30.6. The second kappa shape index (κ2) is 13.4. The van der Waals surface area contributed by atoms with Gasteiger partial charge >= 0.3 is 5.97 Å². The Bertz CT molecular complexity index is 1460. The molecule has 1 aliphatic rings. The highest BCUT2D eigenvalue weighted by Crippen LogP contribution is 2.18. The van der Waals surface area contributed by atoms with E-state index in [1.54, 1.807) is 36.4 Å². The van der Waals surface area contributed by atoms with Gasteiger partial charge in [-0.3, -0.25) is 9.59 Å². The predicted octanol–water partition coefficient (Wildman–Crippen LogP) is 5.07. The summed E-state index contributed by atoms with van der Waals surface area (Å²) >= 11 is 6.20. The van der Waals surface area contributed by atoms with Crippen molar-refractivity contribution in [2.45, 2.75) is 82.8 Å². The first-order valence-electron chi connectivity index (χ1n) is 13.2. The highest BCUT2D eigenvalue weighted by molar-refractivity contribution is 7.89. The minimum atomic E-state index is -3.91. The topological polar surface area (TPSA) is 102 Å². The van der Waals surface area contributed by atoms with Crippen molar-refractivity contribution >= 4 is 51.3 Å². The molecule has 9 heteroatoms. The van der Waals surface area contributed by atoms with Crippen molar-refractivity contribution in [2.24, 2.45) is 0 Å². The van der Waals surface area contributed by atoms with Crippen LogP contribution in [0.4, 0.5) is 5.69 Å². The van der Waals surface area contributed by atoms with Crippen LogP contribution in [0.1, 0.15) is 76.6 Å². The summed E-state index contributed by atoms with van der Waals surface area (Å²) in [5, 5.41) is 4.34. The molecule has 0 saturated carbocycles. The van der Waals surface area contributed by atoms with Gasteiger partial charge in [0.15, 0.2) is 0 Å². The minimum absolute atomic E-state index is 0.129. The van der Waals surface area contributed by atoms with Crippen LogP contribution in [0.5, 0.6) is 0 Å². The first-order valence-corrected chi connectivity index (χ1v) is 15.1. The molecular weight excluding hydrogens is 536 g/mol. The average Bonchev–Trinajstić information content (AvgIpc) is 3.09. The number of hydrogen-bond donors (Lipinski definition) is 2. The van der Waals surface area contributed by atoms with Crippen LogP contribution in [0.15, 0.2) is 53.4 Å². The quantitative estimate of drug-likeness (QED) is 0.366. The molecule has 1 atom stereocenters. The molecule has 0 heterocycles. The van der Waals surface area contributed by atoms with Gasteiger partial charge < -0.3 is 10.1 Å². The van der Waals surface area contributed by atoms with Crippen molar-refractivity contribution in [3.8, 4) is 0 Å². The molecule has 0 radical (unpaired) electrons. The molecule has 210 valence electrons. The maximum Gasteiger partial charge on any atom is 0.306 e. The van der Waals surface area contributed by atoms with Crippen molar-refractivity contribution in [1.29, 1.82) is 0 Å². The molecule has 0 spiro atoms. The third-order valence-corrected chi connectivity index (χ3v) is 7.98. The van der Waals surface area contributed by atoms with Gasteiger partial charge in [0.2, 0.25) is 10.0 Å². The maximum absolute atomic E-state index is 13.6. The van der Waals surface area contributed by atoms with Crippen LogP contribution in [-0.4, -0.2) is 31.9 Å². The lowest BCUT2D eigenvalue weighted by Crippen LogP contribution is -2.41. The normalized spacial score (nSPS) is 13.9. The summed E-state index contributed by atoms with van der Waals surface area (Å²) < 4.78 is 35.5. The fourth-order valence-electron chi connectivity index (χ4n) is 4.39. The third-order valence-electron chi connectivity index (χ3n) is 6.07. The molecule has 2 N–H and O–H groups in total. The Labute approximate surface area is 236 Å². The number of carbonyl (C=O) groups excluding carboxylic acids is 2. The van der Waals surface area contributed by atoms with Gasteiger partial charge in [0, 0.05) is 28.6 Å². The number of halogens is 1. The molecule has 1 aliphatic carbocycles. The Morgan fingerprint density at radius 3 is 2.51 bits per heavy atom. The van der Waals surface area contributed by atoms with E-state index in [4.69, 9.17) is 16.3 Å². The zero-order valence-electron chi connectivity index (χ0n) is 22.9. The van der Waals surface area contributed by atoms with Crippen molar-refractivity contribution in [3.63, 3.8) is 0 Å². The number of fused-ring (bicyclic) bond motifs is 1. The lowest BCUT2D eigenvalue weighted by Gasteiger charge is -2.21. The zero-order valence-corrected chi connectivity index (χ0v) is 24.5. The third kappa shape index (κ3) is 8.78. The Morgan fingerprint density at radius 2 is 1.82 bits per heavy atom. The molecule has 1 unspecified atom stereocenters. The smallest absolute Gasteiger partial charge is 0.306 e. The maximum atomic E-state index is 13.6. The molecule has 0 bridgehead atoms. The highest BCUT2D eigenvalue weighted by atomic mass is 35.5. The molecule has 0 saturated heterocycles. The van der Waals surface area contributed by atoms with E-state index in [0.29, 0.717) is 52.4 Å². The van der Waals surface area contributed by atoms with E-state index >= 15 is 0 Å². The van der Waals surface area contributed by atoms with E-state index in [0.717, 1.165) is 6.42 Å². The van der Waals surface area contributed by atoms with Gasteiger partial charge in [-0.15, -0.1) is 0 Å². The number of anilines is 1. The van der Waals surface area contributed by atoms with Crippen LogP contribution in [0.25, 0.3) is 12.2 Å². The lowest BCUT2D eigenvalue weighted by molar-refractivity contribution is -0.154. The number of benzene rings is 2. The zero-order chi connectivity index (χ0) is 28.6. The second-order valence-corrected chi connectivity index (χ2v) is 12.6. The van der Waals surface area contributed by atoms with Gasteiger partial charge in [-0.1, -0.05) is 61.4 Å². The Morgan fingerprint density at radius 1 is 1.08 bits per heavy atom. The van der Waals surface area contributed by atoms with E-state index in [1.165, 1.54) is 6.07 Å². The summed E-state index contributed by atoms with van der Waals surface area (Å²) in [6.45, 7) is 7.45. The van der Waals surface area contributed by atoms with E-state index in [1.807, 2.05) is 45.9 Å². The number of sulfonamides is 1. The van der Waals surface area contributed by atoms with E-state index < -0.39 is 15.6 Å². The summed E-state index contributed by atoms with van der Waals surface area (Å²) in [4.78, 5) is 25.2. The number of nitrogens with one attached hydrogen (secondary N) is 2.